The summed E-state index contributed by atoms with van der Waals surface area (Å²) in [6.45, 7) is 3.96. The van der Waals surface area contributed by atoms with Crippen molar-refractivity contribution in [2.45, 2.75) is 26.2 Å². The maximum atomic E-state index is 13.7. The number of hydrogen-bond acceptors (Lipinski definition) is 2. The number of benzene rings is 1. The highest BCUT2D eigenvalue weighted by atomic mass is 32.2. The Hall–Kier alpha value is -1.10. The Morgan fingerprint density at radius 2 is 2.06 bits per heavy atom. The van der Waals surface area contributed by atoms with Gasteiger partial charge in [0.05, 0.1) is 11.4 Å². The van der Waals surface area contributed by atoms with Crippen LogP contribution in [-0.4, -0.2) is 14.2 Å². The van der Waals surface area contributed by atoms with Crippen LogP contribution in [0.5, 0.6) is 0 Å². The van der Waals surface area contributed by atoms with Gasteiger partial charge in [-0.25, -0.2) is 12.8 Å². The van der Waals surface area contributed by atoms with Crippen molar-refractivity contribution in [2.75, 3.05) is 10.5 Å². The number of sulfonamides is 1. The van der Waals surface area contributed by atoms with Crippen LogP contribution in [0.4, 0.5) is 10.1 Å². The molecule has 1 aromatic rings. The highest BCUT2D eigenvalue weighted by molar-refractivity contribution is 7.92. The van der Waals surface area contributed by atoms with Crippen molar-refractivity contribution in [1.82, 2.24) is 0 Å². The van der Waals surface area contributed by atoms with Crippen LogP contribution in [0.1, 0.15) is 30.9 Å². The lowest BCUT2D eigenvalue weighted by atomic mass is 9.98. The molecule has 0 aliphatic carbocycles. The van der Waals surface area contributed by atoms with E-state index in [9.17, 15) is 12.8 Å². The molecule has 0 unspecified atom stereocenters. The maximum Gasteiger partial charge on any atom is 0.233 e. The molecule has 0 spiro atoms. The van der Waals surface area contributed by atoms with Crippen LogP contribution in [0, 0.1) is 5.82 Å². The molecular formula is C11H14FNO2S. The van der Waals surface area contributed by atoms with Crippen molar-refractivity contribution in [3.05, 3.63) is 29.1 Å². The summed E-state index contributed by atoms with van der Waals surface area (Å²) in [6.07, 6.45) is 0.377. The highest BCUT2D eigenvalue weighted by Crippen LogP contribution is 2.30. The highest BCUT2D eigenvalue weighted by Gasteiger charge is 2.23. The van der Waals surface area contributed by atoms with Crippen LogP contribution in [0.2, 0.25) is 0 Å². The molecule has 0 aromatic heterocycles. The third kappa shape index (κ3) is 2.04. The van der Waals surface area contributed by atoms with E-state index >= 15 is 0 Å². The summed E-state index contributed by atoms with van der Waals surface area (Å²) in [4.78, 5) is 0. The Morgan fingerprint density at radius 3 is 2.69 bits per heavy atom. The van der Waals surface area contributed by atoms with E-state index in [1.807, 2.05) is 19.9 Å². The fraction of sp³-hybridized carbons (Fsp3) is 0.455. The van der Waals surface area contributed by atoms with E-state index in [1.165, 1.54) is 6.07 Å². The fourth-order valence-electron chi connectivity index (χ4n) is 1.78. The van der Waals surface area contributed by atoms with Gasteiger partial charge in [-0.1, -0.05) is 19.9 Å². The number of aryl methyl sites for hydroxylation is 1. The van der Waals surface area contributed by atoms with Crippen molar-refractivity contribution in [2.24, 2.45) is 0 Å². The Morgan fingerprint density at radius 1 is 1.38 bits per heavy atom. The summed E-state index contributed by atoms with van der Waals surface area (Å²) in [5, 5.41) is 0. The van der Waals surface area contributed by atoms with Crippen LogP contribution in [0.25, 0.3) is 0 Å². The average Bonchev–Trinajstić information content (AvgIpc) is 2.18. The zero-order chi connectivity index (χ0) is 11.9. The van der Waals surface area contributed by atoms with Gasteiger partial charge in [-0.2, -0.15) is 0 Å². The van der Waals surface area contributed by atoms with Crippen LogP contribution >= 0.6 is 0 Å². The van der Waals surface area contributed by atoms with E-state index < -0.39 is 15.8 Å². The SMILES string of the molecule is CC(C)c1cc(F)c2c(c1)CCS(=O)(=O)N2. The van der Waals surface area contributed by atoms with Gasteiger partial charge in [0.2, 0.25) is 10.0 Å². The first-order valence-electron chi connectivity index (χ1n) is 5.22. The Bertz CT molecular complexity index is 523. The van der Waals surface area contributed by atoms with E-state index in [0.29, 0.717) is 6.42 Å². The van der Waals surface area contributed by atoms with Crippen molar-refractivity contribution < 1.29 is 12.8 Å². The first kappa shape index (κ1) is 11.4. The summed E-state index contributed by atoms with van der Waals surface area (Å²) in [5.41, 5.74) is 1.77. The average molecular weight is 243 g/mol. The van der Waals surface area contributed by atoms with Gasteiger partial charge in [0.1, 0.15) is 5.82 Å². The molecule has 16 heavy (non-hydrogen) atoms. The van der Waals surface area contributed by atoms with Crippen molar-refractivity contribution in [3.8, 4) is 0 Å². The molecule has 1 N–H and O–H groups in total. The van der Waals surface area contributed by atoms with Gasteiger partial charge in [0, 0.05) is 0 Å². The smallest absolute Gasteiger partial charge is 0.233 e. The van der Waals surface area contributed by atoms with Crippen molar-refractivity contribution in [3.63, 3.8) is 0 Å². The van der Waals surface area contributed by atoms with E-state index in [2.05, 4.69) is 4.72 Å². The second kappa shape index (κ2) is 3.73. The maximum absolute atomic E-state index is 13.7. The Kier molecular flexibility index (Phi) is 2.66. The normalized spacial score (nSPS) is 18.0. The largest absolute Gasteiger partial charge is 0.280 e. The Balaban J connectivity index is 2.52. The van der Waals surface area contributed by atoms with Gasteiger partial charge in [0.15, 0.2) is 0 Å². The topological polar surface area (TPSA) is 46.2 Å². The van der Waals surface area contributed by atoms with Gasteiger partial charge in [-0.05, 0) is 29.5 Å². The van der Waals surface area contributed by atoms with Gasteiger partial charge in [0.25, 0.3) is 0 Å². The molecule has 1 aliphatic rings. The summed E-state index contributed by atoms with van der Waals surface area (Å²) < 4.78 is 38.6. The molecule has 0 saturated heterocycles. The standard InChI is InChI=1S/C11H14FNO2S/c1-7(2)9-5-8-3-4-16(14,15)13-11(8)10(12)6-9/h5-7,13H,3-4H2,1-2H3. The number of fused-ring (bicyclic) bond motifs is 1. The minimum Gasteiger partial charge on any atom is -0.280 e. The van der Waals surface area contributed by atoms with Crippen LogP contribution < -0.4 is 4.72 Å². The van der Waals surface area contributed by atoms with E-state index in [0.717, 1.165) is 11.1 Å². The Labute approximate surface area is 94.7 Å². The van der Waals surface area contributed by atoms with E-state index in [-0.39, 0.29) is 17.4 Å². The predicted molar refractivity (Wildman–Crippen MR) is 61.6 cm³/mol. The van der Waals surface area contributed by atoms with Crippen molar-refractivity contribution in [1.29, 1.82) is 0 Å². The third-order valence-corrected chi connectivity index (χ3v) is 4.02. The van der Waals surface area contributed by atoms with E-state index in [1.54, 1.807) is 0 Å². The van der Waals surface area contributed by atoms with Gasteiger partial charge < -0.3 is 0 Å². The van der Waals surface area contributed by atoms with Gasteiger partial charge in [-0.3, -0.25) is 4.72 Å². The summed E-state index contributed by atoms with van der Waals surface area (Å²) in [5.74, 6) is -0.219. The zero-order valence-corrected chi connectivity index (χ0v) is 10.1. The first-order valence-corrected chi connectivity index (χ1v) is 6.87. The summed E-state index contributed by atoms with van der Waals surface area (Å²) >= 11 is 0. The number of hydrogen-bond donors (Lipinski definition) is 1. The molecule has 0 radical (unpaired) electrons. The molecule has 88 valence electrons. The molecule has 0 amide bonds. The minimum atomic E-state index is -3.34. The van der Waals surface area contributed by atoms with Gasteiger partial charge in [-0.15, -0.1) is 0 Å². The third-order valence-electron chi connectivity index (χ3n) is 2.76. The lowest BCUT2D eigenvalue weighted by Gasteiger charge is -2.20. The first-order chi connectivity index (χ1) is 7.39. The summed E-state index contributed by atoms with van der Waals surface area (Å²) in [7, 11) is -3.34. The second-order valence-electron chi connectivity index (χ2n) is 4.36. The molecule has 0 atom stereocenters. The van der Waals surface area contributed by atoms with Crippen molar-refractivity contribution >= 4 is 15.7 Å². The van der Waals surface area contributed by atoms with Crippen LogP contribution in [0.15, 0.2) is 12.1 Å². The fourth-order valence-corrected chi connectivity index (χ4v) is 2.91. The molecule has 3 nitrogen and oxygen atoms in total. The summed E-state index contributed by atoms with van der Waals surface area (Å²) in [6, 6.07) is 3.28. The predicted octanol–water partition coefficient (Wildman–Crippen LogP) is 2.25. The molecular weight excluding hydrogens is 229 g/mol. The number of nitrogens with one attached hydrogen (secondary N) is 1. The van der Waals surface area contributed by atoms with E-state index in [4.69, 9.17) is 0 Å². The molecule has 2 rings (SSSR count). The number of anilines is 1. The molecule has 0 fully saturated rings. The second-order valence-corrected chi connectivity index (χ2v) is 6.20. The number of rotatable bonds is 1. The monoisotopic (exact) mass is 243 g/mol. The van der Waals surface area contributed by atoms with Gasteiger partial charge >= 0.3 is 0 Å². The quantitative estimate of drug-likeness (QED) is 0.822. The molecule has 1 aromatic carbocycles. The zero-order valence-electron chi connectivity index (χ0n) is 9.25. The van der Waals surface area contributed by atoms with Crippen LogP contribution in [-0.2, 0) is 16.4 Å². The molecule has 1 heterocycles. The minimum absolute atomic E-state index is 0.0288. The van der Waals surface area contributed by atoms with Crippen LogP contribution in [0.3, 0.4) is 0 Å². The molecule has 5 heteroatoms. The number of halogens is 1. The lowest BCUT2D eigenvalue weighted by Crippen LogP contribution is -2.25. The molecule has 0 saturated carbocycles. The lowest BCUT2D eigenvalue weighted by molar-refractivity contribution is 0.593. The molecule has 0 bridgehead atoms. The molecule has 1 aliphatic heterocycles.